The van der Waals surface area contributed by atoms with Gasteiger partial charge in [-0.25, -0.2) is 4.39 Å². The Balaban J connectivity index is 1.76. The molecule has 27 heavy (non-hydrogen) atoms. The third kappa shape index (κ3) is 3.33. The number of halogens is 1. The second kappa shape index (κ2) is 7.06. The SMILES string of the molecule is CCCOc1nc(-c2ccc3c(c2)OCO3)n(C(=O)c2ccc(F)cc2)n1. The Bertz CT molecular complexity index is 985. The van der Waals surface area contributed by atoms with Crippen LogP contribution in [-0.2, 0) is 0 Å². The van der Waals surface area contributed by atoms with E-state index in [9.17, 15) is 9.18 Å². The van der Waals surface area contributed by atoms with E-state index >= 15 is 0 Å². The lowest BCUT2D eigenvalue weighted by Gasteiger charge is -2.05. The summed E-state index contributed by atoms with van der Waals surface area (Å²) in [5, 5.41) is 4.18. The van der Waals surface area contributed by atoms with Gasteiger partial charge < -0.3 is 14.2 Å². The van der Waals surface area contributed by atoms with Crippen LogP contribution in [0.2, 0.25) is 0 Å². The fourth-order valence-corrected chi connectivity index (χ4v) is 2.63. The first-order chi connectivity index (χ1) is 13.2. The number of rotatable bonds is 5. The minimum Gasteiger partial charge on any atom is -0.462 e. The van der Waals surface area contributed by atoms with Crippen LogP contribution in [0.25, 0.3) is 11.4 Å². The van der Waals surface area contributed by atoms with E-state index in [2.05, 4.69) is 10.1 Å². The maximum absolute atomic E-state index is 13.2. The average molecular weight is 369 g/mol. The summed E-state index contributed by atoms with van der Waals surface area (Å²) in [5.74, 6) is 0.618. The highest BCUT2D eigenvalue weighted by Gasteiger charge is 2.22. The van der Waals surface area contributed by atoms with Crippen molar-refractivity contribution in [2.24, 2.45) is 0 Å². The van der Waals surface area contributed by atoms with Crippen LogP contribution in [0, 0.1) is 5.82 Å². The van der Waals surface area contributed by atoms with Gasteiger partial charge in [0.1, 0.15) is 5.82 Å². The van der Waals surface area contributed by atoms with Crippen LogP contribution in [-0.4, -0.2) is 34.1 Å². The molecule has 0 aliphatic carbocycles. The summed E-state index contributed by atoms with van der Waals surface area (Å²) in [7, 11) is 0. The maximum atomic E-state index is 13.2. The monoisotopic (exact) mass is 369 g/mol. The fraction of sp³-hybridized carbons (Fsp3) is 0.211. The summed E-state index contributed by atoms with van der Waals surface area (Å²) in [4.78, 5) is 17.2. The molecule has 2 heterocycles. The zero-order valence-electron chi connectivity index (χ0n) is 14.5. The van der Waals surface area contributed by atoms with Gasteiger partial charge in [-0.15, -0.1) is 5.10 Å². The summed E-state index contributed by atoms with van der Waals surface area (Å²) >= 11 is 0. The van der Waals surface area contributed by atoms with Crippen LogP contribution in [0.5, 0.6) is 17.5 Å². The first-order valence-corrected chi connectivity index (χ1v) is 8.46. The zero-order chi connectivity index (χ0) is 18.8. The van der Waals surface area contributed by atoms with Gasteiger partial charge >= 0.3 is 6.01 Å². The van der Waals surface area contributed by atoms with Crippen molar-refractivity contribution in [3.63, 3.8) is 0 Å². The molecule has 0 amide bonds. The number of ether oxygens (including phenoxy) is 3. The Hall–Kier alpha value is -3.42. The number of carbonyl (C=O) groups is 1. The van der Waals surface area contributed by atoms with E-state index in [-0.39, 0.29) is 18.4 Å². The van der Waals surface area contributed by atoms with Crippen molar-refractivity contribution in [1.29, 1.82) is 0 Å². The lowest BCUT2D eigenvalue weighted by atomic mass is 10.1. The van der Waals surface area contributed by atoms with Crippen molar-refractivity contribution < 1.29 is 23.4 Å². The minimum absolute atomic E-state index is 0.0972. The van der Waals surface area contributed by atoms with E-state index in [0.717, 1.165) is 11.1 Å². The van der Waals surface area contributed by atoms with Crippen molar-refractivity contribution in [1.82, 2.24) is 14.8 Å². The van der Waals surface area contributed by atoms with Crippen LogP contribution in [0.4, 0.5) is 4.39 Å². The molecule has 0 atom stereocenters. The van der Waals surface area contributed by atoms with Crippen molar-refractivity contribution in [3.8, 4) is 28.9 Å². The Morgan fingerprint density at radius 1 is 1.19 bits per heavy atom. The normalized spacial score (nSPS) is 12.2. The van der Waals surface area contributed by atoms with Crippen LogP contribution in [0.1, 0.15) is 23.7 Å². The predicted molar refractivity (Wildman–Crippen MR) is 93.5 cm³/mol. The third-order valence-electron chi connectivity index (χ3n) is 3.94. The molecule has 0 saturated heterocycles. The van der Waals surface area contributed by atoms with Crippen molar-refractivity contribution in [3.05, 3.63) is 53.8 Å². The highest BCUT2D eigenvalue weighted by atomic mass is 19.1. The average Bonchev–Trinajstić information content (AvgIpc) is 3.32. The number of nitrogens with zero attached hydrogens (tertiary/aromatic N) is 3. The first kappa shape index (κ1) is 17.0. The van der Waals surface area contributed by atoms with Crippen LogP contribution in [0.3, 0.4) is 0 Å². The van der Waals surface area contributed by atoms with Crippen molar-refractivity contribution >= 4 is 5.91 Å². The molecular formula is C19H16FN3O4. The summed E-state index contributed by atoms with van der Waals surface area (Å²) in [5.41, 5.74) is 0.902. The molecule has 8 heteroatoms. The Kier molecular flexibility index (Phi) is 4.45. The largest absolute Gasteiger partial charge is 0.462 e. The molecule has 2 aromatic carbocycles. The Labute approximate surface area is 154 Å². The zero-order valence-corrected chi connectivity index (χ0v) is 14.5. The molecule has 1 aliphatic heterocycles. The second-order valence-corrected chi connectivity index (χ2v) is 5.86. The topological polar surface area (TPSA) is 75.5 Å². The second-order valence-electron chi connectivity index (χ2n) is 5.86. The van der Waals surface area contributed by atoms with Crippen molar-refractivity contribution in [2.75, 3.05) is 13.4 Å². The Morgan fingerprint density at radius 3 is 2.74 bits per heavy atom. The highest BCUT2D eigenvalue weighted by Crippen LogP contribution is 2.35. The number of carbonyl (C=O) groups excluding carboxylic acids is 1. The van der Waals surface area contributed by atoms with Gasteiger partial charge in [-0.2, -0.15) is 9.67 Å². The van der Waals surface area contributed by atoms with Crippen molar-refractivity contribution in [2.45, 2.75) is 13.3 Å². The molecule has 0 bridgehead atoms. The van der Waals surface area contributed by atoms with E-state index in [4.69, 9.17) is 14.2 Å². The van der Waals surface area contributed by atoms with E-state index in [1.165, 1.54) is 24.3 Å². The van der Waals surface area contributed by atoms with Gasteiger partial charge in [0.25, 0.3) is 5.91 Å². The summed E-state index contributed by atoms with van der Waals surface area (Å²) < 4.78 is 30.5. The van der Waals surface area contributed by atoms with Gasteiger partial charge in [0.15, 0.2) is 17.3 Å². The lowest BCUT2D eigenvalue weighted by Crippen LogP contribution is -2.15. The van der Waals surface area contributed by atoms with E-state index in [1.807, 2.05) is 6.92 Å². The third-order valence-corrected chi connectivity index (χ3v) is 3.94. The maximum Gasteiger partial charge on any atom is 0.336 e. The number of aromatic nitrogens is 3. The quantitative estimate of drug-likeness (QED) is 0.687. The summed E-state index contributed by atoms with van der Waals surface area (Å²) in [6.07, 6.45) is 0.778. The molecule has 4 rings (SSSR count). The van der Waals surface area contributed by atoms with Crippen LogP contribution >= 0.6 is 0 Å². The first-order valence-electron chi connectivity index (χ1n) is 8.46. The molecular weight excluding hydrogens is 353 g/mol. The molecule has 0 unspecified atom stereocenters. The molecule has 0 spiro atoms. The molecule has 7 nitrogen and oxygen atoms in total. The standard InChI is InChI=1S/C19H16FN3O4/c1-2-9-25-19-21-17(13-5-8-15-16(10-13)27-11-26-15)23(22-19)18(24)12-3-6-14(20)7-4-12/h3-8,10H,2,9,11H2,1H3. The van der Waals surface area contributed by atoms with Crippen LogP contribution < -0.4 is 14.2 Å². The van der Waals surface area contributed by atoms with Gasteiger partial charge in [0, 0.05) is 11.1 Å². The number of hydrogen-bond acceptors (Lipinski definition) is 6. The Morgan fingerprint density at radius 2 is 1.96 bits per heavy atom. The number of hydrogen-bond donors (Lipinski definition) is 0. The van der Waals surface area contributed by atoms with Gasteiger partial charge in [0.05, 0.1) is 6.61 Å². The highest BCUT2D eigenvalue weighted by molar-refractivity contribution is 5.97. The van der Waals surface area contributed by atoms with Gasteiger partial charge in [-0.05, 0) is 48.9 Å². The van der Waals surface area contributed by atoms with E-state index < -0.39 is 11.7 Å². The predicted octanol–water partition coefficient (Wildman–Crippen LogP) is 3.29. The number of benzene rings is 2. The fourth-order valence-electron chi connectivity index (χ4n) is 2.63. The number of fused-ring (bicyclic) bond motifs is 1. The molecule has 0 radical (unpaired) electrons. The van der Waals surface area contributed by atoms with Crippen LogP contribution in [0.15, 0.2) is 42.5 Å². The lowest BCUT2D eigenvalue weighted by molar-refractivity contribution is 0.0944. The van der Waals surface area contributed by atoms with E-state index in [1.54, 1.807) is 18.2 Å². The van der Waals surface area contributed by atoms with Gasteiger partial charge in [0.2, 0.25) is 6.79 Å². The van der Waals surface area contributed by atoms with E-state index in [0.29, 0.717) is 29.5 Å². The minimum atomic E-state index is -0.443. The molecule has 0 N–H and O–H groups in total. The summed E-state index contributed by atoms with van der Waals surface area (Å²) in [6, 6.07) is 10.6. The molecule has 0 saturated carbocycles. The molecule has 3 aromatic rings. The van der Waals surface area contributed by atoms with Gasteiger partial charge in [-0.1, -0.05) is 6.92 Å². The van der Waals surface area contributed by atoms with Gasteiger partial charge in [-0.3, -0.25) is 4.79 Å². The molecule has 1 aromatic heterocycles. The molecule has 0 fully saturated rings. The molecule has 138 valence electrons. The smallest absolute Gasteiger partial charge is 0.336 e. The molecule has 1 aliphatic rings. The summed E-state index contributed by atoms with van der Waals surface area (Å²) in [6.45, 7) is 2.53.